The summed E-state index contributed by atoms with van der Waals surface area (Å²) in [5.74, 6) is -0.641. The molecule has 3 rings (SSSR count). The second-order valence-electron chi connectivity index (χ2n) is 5.77. The average molecular weight is 362 g/mol. The van der Waals surface area contributed by atoms with Gasteiger partial charge in [0.15, 0.2) is 0 Å². The van der Waals surface area contributed by atoms with Crippen molar-refractivity contribution in [1.29, 1.82) is 0 Å². The van der Waals surface area contributed by atoms with Crippen LogP contribution in [0.3, 0.4) is 0 Å². The van der Waals surface area contributed by atoms with Crippen molar-refractivity contribution >= 4 is 23.2 Å². The summed E-state index contributed by atoms with van der Waals surface area (Å²) in [5.41, 5.74) is 6.31. The fourth-order valence-corrected chi connectivity index (χ4v) is 3.39. The van der Waals surface area contributed by atoms with E-state index < -0.39 is 0 Å². The standard InChI is InChI=1S/C17H19FN4O2S/c18-13-4-2-1-3-12(13)9-16(23)21-5-7-22(8-6-21)17(24)14-11-25-15(10-19)20-14/h1-4,11H,5-10,19H2. The molecular weight excluding hydrogens is 343 g/mol. The van der Waals surface area contributed by atoms with E-state index in [1.807, 2.05) is 0 Å². The largest absolute Gasteiger partial charge is 0.339 e. The zero-order chi connectivity index (χ0) is 17.8. The third-order valence-electron chi connectivity index (χ3n) is 4.16. The summed E-state index contributed by atoms with van der Waals surface area (Å²) >= 11 is 1.37. The Morgan fingerprint density at radius 1 is 1.16 bits per heavy atom. The predicted octanol–water partition coefficient (Wildman–Crippen LogP) is 1.27. The predicted molar refractivity (Wildman–Crippen MR) is 92.6 cm³/mol. The van der Waals surface area contributed by atoms with Gasteiger partial charge in [0.25, 0.3) is 5.91 Å². The van der Waals surface area contributed by atoms with Gasteiger partial charge >= 0.3 is 0 Å². The van der Waals surface area contributed by atoms with Crippen LogP contribution in [0.15, 0.2) is 29.6 Å². The molecule has 0 atom stereocenters. The van der Waals surface area contributed by atoms with Gasteiger partial charge in [-0.3, -0.25) is 9.59 Å². The quantitative estimate of drug-likeness (QED) is 0.888. The number of carbonyl (C=O) groups excluding carboxylic acids is 2. The molecule has 25 heavy (non-hydrogen) atoms. The number of nitrogens with two attached hydrogens (primary N) is 1. The highest BCUT2D eigenvalue weighted by Crippen LogP contribution is 2.14. The van der Waals surface area contributed by atoms with Crippen molar-refractivity contribution in [2.24, 2.45) is 5.73 Å². The van der Waals surface area contributed by atoms with Crippen LogP contribution in [-0.2, 0) is 17.8 Å². The maximum Gasteiger partial charge on any atom is 0.273 e. The molecule has 8 heteroatoms. The minimum absolute atomic E-state index is 0.0343. The van der Waals surface area contributed by atoms with E-state index >= 15 is 0 Å². The molecule has 0 unspecified atom stereocenters. The van der Waals surface area contributed by atoms with Crippen LogP contribution in [0.25, 0.3) is 0 Å². The fraction of sp³-hybridized carbons (Fsp3) is 0.353. The lowest BCUT2D eigenvalue weighted by molar-refractivity contribution is -0.132. The SMILES string of the molecule is NCc1nc(C(=O)N2CCN(C(=O)Cc3ccccc3F)CC2)cs1. The first-order valence-electron chi connectivity index (χ1n) is 8.03. The molecule has 6 nitrogen and oxygen atoms in total. The molecule has 1 aromatic carbocycles. The van der Waals surface area contributed by atoms with Crippen LogP contribution in [0.2, 0.25) is 0 Å². The van der Waals surface area contributed by atoms with Crippen LogP contribution < -0.4 is 5.73 Å². The Bertz CT molecular complexity index is 772. The highest BCUT2D eigenvalue weighted by atomic mass is 32.1. The van der Waals surface area contributed by atoms with Crippen molar-refractivity contribution in [2.45, 2.75) is 13.0 Å². The lowest BCUT2D eigenvalue weighted by atomic mass is 10.1. The Morgan fingerprint density at radius 2 is 1.84 bits per heavy atom. The molecule has 2 aromatic rings. The molecule has 132 valence electrons. The molecule has 2 amide bonds. The topological polar surface area (TPSA) is 79.5 Å². The first kappa shape index (κ1) is 17.5. The maximum absolute atomic E-state index is 13.7. The zero-order valence-corrected chi connectivity index (χ0v) is 14.5. The van der Waals surface area contributed by atoms with Gasteiger partial charge in [-0.1, -0.05) is 18.2 Å². The van der Waals surface area contributed by atoms with Crippen molar-refractivity contribution in [3.8, 4) is 0 Å². The molecular formula is C17H19FN4O2S. The lowest BCUT2D eigenvalue weighted by Gasteiger charge is -2.34. The van der Waals surface area contributed by atoms with Crippen molar-refractivity contribution in [3.05, 3.63) is 51.7 Å². The highest BCUT2D eigenvalue weighted by Gasteiger charge is 2.26. The zero-order valence-electron chi connectivity index (χ0n) is 13.7. The van der Waals surface area contributed by atoms with Crippen molar-refractivity contribution in [3.63, 3.8) is 0 Å². The van der Waals surface area contributed by atoms with Gasteiger partial charge in [0.1, 0.15) is 16.5 Å². The van der Waals surface area contributed by atoms with Gasteiger partial charge in [-0.15, -0.1) is 11.3 Å². The molecule has 1 aromatic heterocycles. The van der Waals surface area contributed by atoms with E-state index in [1.54, 1.807) is 33.4 Å². The van der Waals surface area contributed by atoms with E-state index in [0.717, 1.165) is 5.01 Å². The number of hydrogen-bond acceptors (Lipinski definition) is 5. The van der Waals surface area contributed by atoms with Crippen LogP contribution in [0.1, 0.15) is 21.1 Å². The Morgan fingerprint density at radius 3 is 2.48 bits per heavy atom. The molecule has 1 fully saturated rings. The highest BCUT2D eigenvalue weighted by molar-refractivity contribution is 7.09. The number of nitrogens with zero attached hydrogens (tertiary/aromatic N) is 3. The summed E-state index contributed by atoms with van der Waals surface area (Å²) in [4.78, 5) is 32.3. The Labute approximate surface area is 149 Å². The van der Waals surface area contributed by atoms with Crippen LogP contribution in [0, 0.1) is 5.82 Å². The molecule has 0 aliphatic carbocycles. The first-order valence-corrected chi connectivity index (χ1v) is 8.91. The number of halogens is 1. The van der Waals surface area contributed by atoms with Gasteiger partial charge in [0.2, 0.25) is 5.91 Å². The van der Waals surface area contributed by atoms with E-state index in [1.165, 1.54) is 17.4 Å². The van der Waals surface area contributed by atoms with E-state index in [0.29, 0.717) is 44.0 Å². The van der Waals surface area contributed by atoms with Crippen LogP contribution in [-0.4, -0.2) is 52.8 Å². The summed E-state index contributed by atoms with van der Waals surface area (Å²) < 4.78 is 13.7. The number of amides is 2. The normalized spacial score (nSPS) is 14.6. The number of rotatable bonds is 4. The maximum atomic E-state index is 13.7. The summed E-state index contributed by atoms with van der Waals surface area (Å²) in [6.07, 6.45) is 0.0343. The monoisotopic (exact) mass is 362 g/mol. The third kappa shape index (κ3) is 4.02. The number of aromatic nitrogens is 1. The Kier molecular flexibility index (Phi) is 5.40. The molecule has 0 saturated carbocycles. The third-order valence-corrected chi connectivity index (χ3v) is 5.04. The summed E-state index contributed by atoms with van der Waals surface area (Å²) in [5, 5.41) is 2.43. The minimum atomic E-state index is -0.371. The molecule has 1 aliphatic heterocycles. The summed E-state index contributed by atoms with van der Waals surface area (Å²) in [7, 11) is 0. The summed E-state index contributed by atoms with van der Waals surface area (Å²) in [6, 6.07) is 6.28. The smallest absolute Gasteiger partial charge is 0.273 e. The molecule has 0 radical (unpaired) electrons. The van der Waals surface area contributed by atoms with Crippen molar-refractivity contribution < 1.29 is 14.0 Å². The number of carbonyl (C=O) groups is 2. The van der Waals surface area contributed by atoms with E-state index in [4.69, 9.17) is 5.73 Å². The molecule has 1 saturated heterocycles. The average Bonchev–Trinajstić information content (AvgIpc) is 3.12. The van der Waals surface area contributed by atoms with Gasteiger partial charge in [-0.05, 0) is 11.6 Å². The van der Waals surface area contributed by atoms with Crippen LogP contribution >= 0.6 is 11.3 Å². The molecule has 1 aliphatic rings. The van der Waals surface area contributed by atoms with Crippen LogP contribution in [0.4, 0.5) is 4.39 Å². The molecule has 2 heterocycles. The second-order valence-corrected chi connectivity index (χ2v) is 6.71. The van der Waals surface area contributed by atoms with Gasteiger partial charge in [-0.25, -0.2) is 9.37 Å². The fourth-order valence-electron chi connectivity index (χ4n) is 2.74. The number of benzene rings is 1. The van der Waals surface area contributed by atoms with Crippen molar-refractivity contribution in [1.82, 2.24) is 14.8 Å². The van der Waals surface area contributed by atoms with E-state index in [2.05, 4.69) is 4.98 Å². The number of piperazine rings is 1. The van der Waals surface area contributed by atoms with Gasteiger partial charge in [0.05, 0.1) is 6.42 Å². The van der Waals surface area contributed by atoms with Gasteiger partial charge in [-0.2, -0.15) is 0 Å². The number of thiazole rings is 1. The summed E-state index contributed by atoms with van der Waals surface area (Å²) in [6.45, 7) is 2.07. The first-order chi connectivity index (χ1) is 12.1. The number of hydrogen-bond donors (Lipinski definition) is 1. The molecule has 2 N–H and O–H groups in total. The van der Waals surface area contributed by atoms with Crippen molar-refractivity contribution in [2.75, 3.05) is 26.2 Å². The minimum Gasteiger partial charge on any atom is -0.339 e. The lowest BCUT2D eigenvalue weighted by Crippen LogP contribution is -2.51. The van der Waals surface area contributed by atoms with Gasteiger partial charge in [0, 0.05) is 38.1 Å². The van der Waals surface area contributed by atoms with Gasteiger partial charge < -0.3 is 15.5 Å². The Balaban J connectivity index is 1.55. The Hall–Kier alpha value is -2.32. The van der Waals surface area contributed by atoms with E-state index in [-0.39, 0.29) is 24.1 Å². The van der Waals surface area contributed by atoms with E-state index in [9.17, 15) is 14.0 Å². The second kappa shape index (κ2) is 7.71. The molecule has 0 bridgehead atoms. The van der Waals surface area contributed by atoms with Crippen LogP contribution in [0.5, 0.6) is 0 Å². The molecule has 0 spiro atoms.